The maximum atomic E-state index is 15.4. The van der Waals surface area contributed by atoms with Gasteiger partial charge in [0, 0.05) is 5.69 Å². The van der Waals surface area contributed by atoms with E-state index in [2.05, 4.69) is 16.8 Å². The minimum absolute atomic E-state index is 0.0141. The van der Waals surface area contributed by atoms with Gasteiger partial charge in [-0.25, -0.2) is 9.18 Å². The minimum atomic E-state index is -2.33. The van der Waals surface area contributed by atoms with E-state index >= 15 is 4.39 Å². The molecule has 0 spiro atoms. The Morgan fingerprint density at radius 3 is 2.73 bits per heavy atom. The van der Waals surface area contributed by atoms with E-state index in [9.17, 15) is 15.0 Å². The van der Waals surface area contributed by atoms with Crippen molar-refractivity contribution in [2.24, 2.45) is 5.92 Å². The average molecular weight is 311 g/mol. The quantitative estimate of drug-likeness (QED) is 0.641. The van der Waals surface area contributed by atoms with Crippen LogP contribution in [0.25, 0.3) is 0 Å². The Balaban J connectivity index is 2.62. The maximum absolute atomic E-state index is 15.4. The van der Waals surface area contributed by atoms with Crippen LogP contribution in [0, 0.1) is 24.7 Å². The zero-order valence-electron chi connectivity index (χ0n) is 12.3. The topological polar surface area (TPSA) is 111 Å². The molecule has 7 nitrogen and oxygen atoms in total. The third kappa shape index (κ3) is 2.47. The van der Waals surface area contributed by atoms with Gasteiger partial charge >= 0.3 is 5.69 Å². The van der Waals surface area contributed by atoms with Crippen LogP contribution >= 0.6 is 0 Å². The molecule has 1 fully saturated rings. The fourth-order valence-electron chi connectivity index (χ4n) is 2.74. The number of nitrogen functional groups attached to an aromatic ring is 1. The lowest BCUT2D eigenvalue weighted by molar-refractivity contribution is -0.0537. The van der Waals surface area contributed by atoms with Crippen LogP contribution in [-0.4, -0.2) is 44.8 Å². The normalized spacial score (nSPS) is 30.9. The number of hydrogen-bond acceptors (Lipinski definition) is 6. The van der Waals surface area contributed by atoms with Gasteiger partial charge in [-0.1, -0.05) is 5.92 Å². The number of aliphatic hydroxyl groups excluding tert-OH is 2. The Labute approximate surface area is 126 Å². The number of aryl methyl sites for hydroxylation is 1. The highest BCUT2D eigenvalue weighted by atomic mass is 19.1. The van der Waals surface area contributed by atoms with Crippen LogP contribution in [0.2, 0.25) is 0 Å². The van der Waals surface area contributed by atoms with Gasteiger partial charge in [0.05, 0.1) is 25.2 Å². The van der Waals surface area contributed by atoms with Gasteiger partial charge in [0.2, 0.25) is 5.67 Å². The summed E-state index contributed by atoms with van der Waals surface area (Å²) < 4.78 is 21.9. The van der Waals surface area contributed by atoms with Gasteiger partial charge in [-0.3, -0.25) is 4.57 Å². The van der Waals surface area contributed by atoms with Gasteiger partial charge in [0.15, 0.2) is 6.23 Å². The highest BCUT2D eigenvalue weighted by Gasteiger charge is 2.58. The number of nitrogens with two attached hydrogens (primary N) is 1. The van der Waals surface area contributed by atoms with Gasteiger partial charge in [0.1, 0.15) is 5.82 Å². The lowest BCUT2D eigenvalue weighted by Crippen LogP contribution is -2.43. The summed E-state index contributed by atoms with van der Waals surface area (Å²) in [5, 5.41) is 18.8. The second kappa shape index (κ2) is 6.04. The predicted octanol–water partition coefficient (Wildman–Crippen LogP) is -0.636. The van der Waals surface area contributed by atoms with Crippen molar-refractivity contribution in [3.8, 4) is 11.8 Å². The summed E-state index contributed by atoms with van der Waals surface area (Å²) in [5.41, 5.74) is 2.73. The van der Waals surface area contributed by atoms with Crippen LogP contribution in [-0.2, 0) is 4.74 Å². The Morgan fingerprint density at radius 1 is 1.55 bits per heavy atom. The number of anilines is 1. The number of ether oxygens (including phenoxy) is 1. The second-order valence-electron chi connectivity index (χ2n) is 5.12. The molecule has 0 radical (unpaired) electrons. The number of hydrogen-bond donors (Lipinski definition) is 3. The maximum Gasteiger partial charge on any atom is 0.351 e. The number of aromatic nitrogens is 2. The zero-order chi connectivity index (χ0) is 16.5. The highest BCUT2D eigenvalue weighted by Crippen LogP contribution is 2.45. The van der Waals surface area contributed by atoms with Gasteiger partial charge in [0.25, 0.3) is 0 Å². The van der Waals surface area contributed by atoms with Gasteiger partial charge in [-0.2, -0.15) is 4.98 Å². The van der Waals surface area contributed by atoms with Crippen LogP contribution in [0.1, 0.15) is 18.8 Å². The van der Waals surface area contributed by atoms with Crippen molar-refractivity contribution in [2.45, 2.75) is 31.8 Å². The van der Waals surface area contributed by atoms with Crippen LogP contribution < -0.4 is 11.4 Å². The number of nitrogens with zero attached hydrogens (tertiary/aromatic N) is 2. The number of alkyl halides is 1. The first-order chi connectivity index (χ1) is 10.4. The molecule has 2 heterocycles. The molecule has 0 saturated carbocycles. The number of rotatable bonds is 3. The molecule has 0 aliphatic carbocycles. The molecule has 1 aliphatic rings. The second-order valence-corrected chi connectivity index (χ2v) is 5.12. The average Bonchev–Trinajstić information content (AvgIpc) is 2.70. The minimum Gasteiger partial charge on any atom is -0.396 e. The molecular weight excluding hydrogens is 293 g/mol. The summed E-state index contributed by atoms with van der Waals surface area (Å²) in [7, 11) is 0. The molecule has 1 saturated heterocycles. The van der Waals surface area contributed by atoms with E-state index in [1.165, 1.54) is 13.0 Å². The first kappa shape index (κ1) is 16.4. The Kier molecular flexibility index (Phi) is 4.51. The van der Waals surface area contributed by atoms with Crippen molar-refractivity contribution in [1.29, 1.82) is 0 Å². The molecule has 22 heavy (non-hydrogen) atoms. The van der Waals surface area contributed by atoms with Crippen molar-refractivity contribution in [3.63, 3.8) is 0 Å². The van der Waals surface area contributed by atoms with E-state index in [1.54, 1.807) is 6.92 Å². The van der Waals surface area contributed by atoms with Gasteiger partial charge < -0.3 is 20.7 Å². The summed E-state index contributed by atoms with van der Waals surface area (Å²) in [6.45, 7) is 1.91. The summed E-state index contributed by atoms with van der Waals surface area (Å²) >= 11 is 0. The molecule has 0 aromatic carbocycles. The molecule has 1 aromatic rings. The monoisotopic (exact) mass is 311 g/mol. The fourth-order valence-corrected chi connectivity index (χ4v) is 2.74. The molecular formula is C14H18FN3O4. The largest absolute Gasteiger partial charge is 0.396 e. The lowest BCUT2D eigenvalue weighted by atomic mass is 9.87. The van der Waals surface area contributed by atoms with Crippen molar-refractivity contribution >= 4 is 5.82 Å². The van der Waals surface area contributed by atoms with E-state index in [0.29, 0.717) is 5.69 Å². The molecule has 0 bridgehead atoms. The van der Waals surface area contributed by atoms with Gasteiger partial charge in [-0.05, 0) is 19.9 Å². The molecule has 4 N–H and O–H groups in total. The van der Waals surface area contributed by atoms with E-state index in [4.69, 9.17) is 10.5 Å². The predicted molar refractivity (Wildman–Crippen MR) is 76.5 cm³/mol. The Bertz CT molecular complexity index is 681. The van der Waals surface area contributed by atoms with Crippen molar-refractivity contribution < 1.29 is 19.3 Å². The Hall–Kier alpha value is -1.95. The van der Waals surface area contributed by atoms with E-state index in [1.807, 2.05) is 0 Å². The number of aliphatic hydroxyl groups is 2. The first-order valence-electron chi connectivity index (χ1n) is 6.74. The standard InChI is InChI=1S/C14H18FN3O4/c1-3-4-14(15)9(6-19)10(7-20)22-12(14)18-8(2)5-11(16)17-13(18)21/h5,9-10,12,19-20H,6-7H2,1-2H3,(H2,16,17,21)/t9?,10-,12-,14?/m1/s1. The third-order valence-electron chi connectivity index (χ3n) is 3.75. The first-order valence-corrected chi connectivity index (χ1v) is 6.74. The summed E-state index contributed by atoms with van der Waals surface area (Å²) in [6.07, 6.45) is -2.40. The van der Waals surface area contributed by atoms with Crippen LogP contribution in [0.3, 0.4) is 0 Å². The lowest BCUT2D eigenvalue weighted by Gasteiger charge is -2.27. The molecule has 120 valence electrons. The number of halogens is 1. The van der Waals surface area contributed by atoms with Gasteiger partial charge in [-0.15, -0.1) is 5.92 Å². The smallest absolute Gasteiger partial charge is 0.351 e. The summed E-state index contributed by atoms with van der Waals surface area (Å²) in [6, 6.07) is 1.41. The zero-order valence-corrected chi connectivity index (χ0v) is 12.3. The fraction of sp³-hybridized carbons (Fsp3) is 0.571. The third-order valence-corrected chi connectivity index (χ3v) is 3.75. The molecule has 2 unspecified atom stereocenters. The molecule has 8 heteroatoms. The van der Waals surface area contributed by atoms with E-state index in [-0.39, 0.29) is 5.82 Å². The molecule has 2 rings (SSSR count). The van der Waals surface area contributed by atoms with Crippen LogP contribution in [0.4, 0.5) is 10.2 Å². The van der Waals surface area contributed by atoms with Crippen molar-refractivity contribution in [1.82, 2.24) is 9.55 Å². The Morgan fingerprint density at radius 2 is 2.23 bits per heavy atom. The van der Waals surface area contributed by atoms with Crippen molar-refractivity contribution in [3.05, 3.63) is 22.2 Å². The van der Waals surface area contributed by atoms with Crippen LogP contribution in [0.5, 0.6) is 0 Å². The van der Waals surface area contributed by atoms with Crippen LogP contribution in [0.15, 0.2) is 10.9 Å². The molecule has 4 atom stereocenters. The van der Waals surface area contributed by atoms with E-state index < -0.39 is 42.8 Å². The van der Waals surface area contributed by atoms with Crippen molar-refractivity contribution in [2.75, 3.05) is 18.9 Å². The summed E-state index contributed by atoms with van der Waals surface area (Å²) in [4.78, 5) is 15.7. The highest BCUT2D eigenvalue weighted by molar-refractivity contribution is 5.30. The molecule has 1 aliphatic heterocycles. The van der Waals surface area contributed by atoms with E-state index in [0.717, 1.165) is 4.57 Å². The SMILES string of the molecule is CC#CC1(F)C(CO)[C@@H](CO)O[C@H]1n1c(C)cc(N)nc1=O. The molecule has 1 aromatic heterocycles. The molecule has 0 amide bonds. The summed E-state index contributed by atoms with van der Waals surface area (Å²) in [5.74, 6) is 3.75.